The van der Waals surface area contributed by atoms with E-state index in [2.05, 4.69) is 10.3 Å². The summed E-state index contributed by atoms with van der Waals surface area (Å²) < 4.78 is 11.2. The van der Waals surface area contributed by atoms with Gasteiger partial charge in [0.15, 0.2) is 0 Å². The van der Waals surface area contributed by atoms with Gasteiger partial charge in [-0.05, 0) is 19.1 Å². The predicted molar refractivity (Wildman–Crippen MR) is 50.7 cm³/mol. The van der Waals surface area contributed by atoms with Crippen LogP contribution in [0.2, 0.25) is 0 Å². The summed E-state index contributed by atoms with van der Waals surface area (Å²) in [6, 6.07) is 3.61. The minimum absolute atomic E-state index is 0.723. The van der Waals surface area contributed by atoms with E-state index in [4.69, 9.17) is 0 Å². The molecule has 0 aliphatic heterocycles. The fourth-order valence-electron chi connectivity index (χ4n) is 0.923. The molecular weight excluding hydrogens is 172 g/mol. The molecule has 0 aliphatic rings. The van der Waals surface area contributed by atoms with E-state index in [1.165, 1.54) is 0 Å². The van der Waals surface area contributed by atoms with Gasteiger partial charge in [-0.15, -0.1) is 0 Å². The third-order valence-corrected chi connectivity index (χ3v) is 2.37. The Bertz CT molecular complexity index is 288. The quantitative estimate of drug-likeness (QED) is 0.768. The van der Waals surface area contributed by atoms with Gasteiger partial charge in [-0.2, -0.15) is 0 Å². The Morgan fingerprint density at radius 3 is 3.00 bits per heavy atom. The van der Waals surface area contributed by atoms with Crippen molar-refractivity contribution in [2.45, 2.75) is 11.8 Å². The molecular formula is C8H12N2OS. The lowest BCUT2D eigenvalue weighted by Gasteiger charge is -2.05. The highest BCUT2D eigenvalue weighted by molar-refractivity contribution is 7.84. The van der Waals surface area contributed by atoms with Gasteiger partial charge in [-0.3, -0.25) is 4.21 Å². The zero-order chi connectivity index (χ0) is 8.97. The summed E-state index contributed by atoms with van der Waals surface area (Å²) in [4.78, 5) is 4.85. The molecule has 1 unspecified atom stereocenters. The predicted octanol–water partition coefficient (Wildman–Crippen LogP) is 1.25. The summed E-state index contributed by atoms with van der Waals surface area (Å²) in [5, 5.41) is 3.05. The van der Waals surface area contributed by atoms with Gasteiger partial charge in [-0.25, -0.2) is 4.98 Å². The standard InChI is InChI=1S/C8H12N2OS/c1-3-9-8-7(12(2)11)5-4-6-10-8/h4-6H,3H2,1-2H3,(H,9,10). The van der Waals surface area contributed by atoms with Gasteiger partial charge < -0.3 is 5.32 Å². The van der Waals surface area contributed by atoms with Crippen LogP contribution in [0.5, 0.6) is 0 Å². The first-order valence-electron chi connectivity index (χ1n) is 3.78. The van der Waals surface area contributed by atoms with E-state index in [0.29, 0.717) is 0 Å². The van der Waals surface area contributed by atoms with Crippen LogP contribution in [-0.4, -0.2) is 22.0 Å². The Balaban J connectivity index is 3.00. The monoisotopic (exact) mass is 184 g/mol. The molecule has 1 N–H and O–H groups in total. The molecule has 0 aliphatic carbocycles. The summed E-state index contributed by atoms with van der Waals surface area (Å²) in [7, 11) is -0.967. The van der Waals surface area contributed by atoms with Crippen molar-refractivity contribution in [3.05, 3.63) is 18.3 Å². The molecule has 0 saturated carbocycles. The number of pyridine rings is 1. The van der Waals surface area contributed by atoms with Crippen LogP contribution in [-0.2, 0) is 10.8 Å². The maximum absolute atomic E-state index is 11.2. The van der Waals surface area contributed by atoms with Crippen LogP contribution in [0.15, 0.2) is 23.2 Å². The molecule has 1 aromatic heterocycles. The molecule has 0 fully saturated rings. The molecule has 12 heavy (non-hydrogen) atoms. The molecule has 0 bridgehead atoms. The molecule has 66 valence electrons. The first-order chi connectivity index (χ1) is 5.75. The molecule has 1 heterocycles. The van der Waals surface area contributed by atoms with E-state index in [9.17, 15) is 4.21 Å². The van der Waals surface area contributed by atoms with Crippen LogP contribution in [0.25, 0.3) is 0 Å². The molecule has 0 aromatic carbocycles. The largest absolute Gasteiger partial charge is 0.369 e. The maximum atomic E-state index is 11.2. The van der Waals surface area contributed by atoms with Crippen molar-refractivity contribution >= 4 is 16.6 Å². The van der Waals surface area contributed by atoms with Crippen LogP contribution in [0, 0.1) is 0 Å². The van der Waals surface area contributed by atoms with Crippen LogP contribution in [0.1, 0.15) is 6.92 Å². The fourth-order valence-corrected chi connectivity index (χ4v) is 1.59. The van der Waals surface area contributed by atoms with Crippen molar-refractivity contribution < 1.29 is 4.21 Å². The molecule has 0 spiro atoms. The highest BCUT2D eigenvalue weighted by atomic mass is 32.2. The van der Waals surface area contributed by atoms with Crippen LogP contribution in [0.4, 0.5) is 5.82 Å². The van der Waals surface area contributed by atoms with Crippen molar-refractivity contribution in [3.63, 3.8) is 0 Å². The zero-order valence-electron chi connectivity index (χ0n) is 7.20. The van der Waals surface area contributed by atoms with E-state index < -0.39 is 10.8 Å². The van der Waals surface area contributed by atoms with E-state index >= 15 is 0 Å². The fraction of sp³-hybridized carbons (Fsp3) is 0.375. The minimum atomic E-state index is -0.967. The third kappa shape index (κ3) is 2.04. The Hall–Kier alpha value is -0.900. The molecule has 0 radical (unpaired) electrons. The molecule has 0 saturated heterocycles. The second kappa shape index (κ2) is 4.21. The van der Waals surface area contributed by atoms with Gasteiger partial charge in [-0.1, -0.05) is 0 Å². The van der Waals surface area contributed by atoms with E-state index in [-0.39, 0.29) is 0 Å². The van der Waals surface area contributed by atoms with Crippen molar-refractivity contribution in [1.82, 2.24) is 4.98 Å². The first-order valence-corrected chi connectivity index (χ1v) is 5.33. The summed E-state index contributed by atoms with van der Waals surface area (Å²) >= 11 is 0. The number of hydrogen-bond donors (Lipinski definition) is 1. The van der Waals surface area contributed by atoms with Crippen LogP contribution >= 0.6 is 0 Å². The smallest absolute Gasteiger partial charge is 0.142 e. The highest BCUT2D eigenvalue weighted by Gasteiger charge is 2.04. The summed E-state index contributed by atoms with van der Waals surface area (Å²) in [6.45, 7) is 2.78. The van der Waals surface area contributed by atoms with Crippen molar-refractivity contribution in [1.29, 1.82) is 0 Å². The summed E-state index contributed by atoms with van der Waals surface area (Å²) in [5.74, 6) is 0.723. The van der Waals surface area contributed by atoms with Gasteiger partial charge in [0, 0.05) is 19.0 Å². The second-order valence-electron chi connectivity index (χ2n) is 2.33. The number of rotatable bonds is 3. The van der Waals surface area contributed by atoms with Crippen LogP contribution in [0.3, 0.4) is 0 Å². The lowest BCUT2D eigenvalue weighted by atomic mass is 10.4. The summed E-state index contributed by atoms with van der Waals surface area (Å²) in [5.41, 5.74) is 0. The Kier molecular flexibility index (Phi) is 3.22. The lowest BCUT2D eigenvalue weighted by molar-refractivity contribution is 0.686. The van der Waals surface area contributed by atoms with Crippen molar-refractivity contribution in [2.24, 2.45) is 0 Å². The molecule has 1 rings (SSSR count). The van der Waals surface area contributed by atoms with Gasteiger partial charge >= 0.3 is 0 Å². The molecule has 1 aromatic rings. The average Bonchev–Trinajstić information content (AvgIpc) is 2.05. The topological polar surface area (TPSA) is 42.0 Å². The molecule has 0 amide bonds. The van der Waals surface area contributed by atoms with Crippen LogP contribution < -0.4 is 5.32 Å². The maximum Gasteiger partial charge on any atom is 0.142 e. The Morgan fingerprint density at radius 1 is 1.67 bits per heavy atom. The number of nitrogens with one attached hydrogen (secondary N) is 1. The van der Waals surface area contributed by atoms with Gasteiger partial charge in [0.1, 0.15) is 5.82 Å². The van der Waals surface area contributed by atoms with E-state index in [1.807, 2.05) is 13.0 Å². The molecule has 1 atom stereocenters. The van der Waals surface area contributed by atoms with E-state index in [0.717, 1.165) is 17.3 Å². The third-order valence-electron chi connectivity index (χ3n) is 1.42. The Morgan fingerprint density at radius 2 is 2.42 bits per heavy atom. The molecule has 3 nitrogen and oxygen atoms in total. The SMILES string of the molecule is CCNc1ncccc1S(C)=O. The zero-order valence-corrected chi connectivity index (χ0v) is 8.02. The Labute approximate surface area is 74.7 Å². The lowest BCUT2D eigenvalue weighted by Crippen LogP contribution is -2.03. The van der Waals surface area contributed by atoms with Gasteiger partial charge in [0.2, 0.25) is 0 Å². The highest BCUT2D eigenvalue weighted by Crippen LogP contribution is 2.13. The summed E-state index contributed by atoms with van der Waals surface area (Å²) in [6.07, 6.45) is 3.34. The number of aromatic nitrogens is 1. The number of nitrogens with zero attached hydrogens (tertiary/aromatic N) is 1. The average molecular weight is 184 g/mol. The van der Waals surface area contributed by atoms with Crippen molar-refractivity contribution in [2.75, 3.05) is 18.1 Å². The number of hydrogen-bond acceptors (Lipinski definition) is 3. The molecule has 4 heteroatoms. The number of anilines is 1. The second-order valence-corrected chi connectivity index (χ2v) is 3.68. The normalized spacial score (nSPS) is 12.5. The van der Waals surface area contributed by atoms with Crippen molar-refractivity contribution in [3.8, 4) is 0 Å². The minimum Gasteiger partial charge on any atom is -0.369 e. The van der Waals surface area contributed by atoms with Gasteiger partial charge in [0.25, 0.3) is 0 Å². The van der Waals surface area contributed by atoms with E-state index in [1.54, 1.807) is 18.5 Å². The first kappa shape index (κ1) is 9.19. The van der Waals surface area contributed by atoms with Gasteiger partial charge in [0.05, 0.1) is 15.7 Å².